The Morgan fingerprint density at radius 1 is 1.29 bits per heavy atom. The lowest BCUT2D eigenvalue weighted by Gasteiger charge is -2.37. The molecule has 2 aromatic rings. The third-order valence-corrected chi connectivity index (χ3v) is 4.53. The van der Waals surface area contributed by atoms with Crippen molar-refractivity contribution in [3.63, 3.8) is 0 Å². The predicted molar refractivity (Wildman–Crippen MR) is 98.6 cm³/mol. The summed E-state index contributed by atoms with van der Waals surface area (Å²) in [5.41, 5.74) is 1.18. The molecule has 0 radical (unpaired) electrons. The molecule has 0 unspecified atom stereocenters. The molecule has 7 heteroatoms. The second-order valence-corrected chi connectivity index (χ2v) is 6.25. The molecule has 1 aliphatic rings. The Morgan fingerprint density at radius 2 is 2.08 bits per heavy atom. The van der Waals surface area contributed by atoms with E-state index in [-0.39, 0.29) is 0 Å². The molecule has 0 atom stereocenters. The van der Waals surface area contributed by atoms with Crippen LogP contribution in [0.4, 0.5) is 5.69 Å². The minimum Gasteiger partial charge on any atom is -0.368 e. The minimum absolute atomic E-state index is 0.671. The first-order valence-electron chi connectivity index (χ1n) is 8.09. The van der Waals surface area contributed by atoms with Crippen LogP contribution in [0.1, 0.15) is 5.82 Å². The average molecular weight is 347 g/mol. The van der Waals surface area contributed by atoms with E-state index in [0.29, 0.717) is 6.54 Å². The van der Waals surface area contributed by atoms with Gasteiger partial charge in [-0.15, -0.1) is 0 Å². The molecule has 3 rings (SSSR count). The molecular weight excluding hydrogens is 324 g/mol. The molecule has 1 fully saturated rings. The number of halogens is 1. The van der Waals surface area contributed by atoms with Crippen LogP contribution >= 0.6 is 11.6 Å². The Balaban J connectivity index is 1.55. The number of imidazole rings is 1. The molecule has 1 aliphatic heterocycles. The molecule has 24 heavy (non-hydrogen) atoms. The number of anilines is 1. The molecule has 0 spiro atoms. The Bertz CT molecular complexity index is 703. The Kier molecular flexibility index (Phi) is 5.25. The average Bonchev–Trinajstić information content (AvgIpc) is 3.01. The second kappa shape index (κ2) is 7.57. The van der Waals surface area contributed by atoms with Gasteiger partial charge < -0.3 is 19.7 Å². The van der Waals surface area contributed by atoms with Crippen LogP contribution in [0.25, 0.3) is 0 Å². The van der Waals surface area contributed by atoms with Gasteiger partial charge in [-0.1, -0.05) is 17.7 Å². The van der Waals surface area contributed by atoms with E-state index in [4.69, 9.17) is 11.6 Å². The van der Waals surface area contributed by atoms with E-state index in [1.807, 2.05) is 49.3 Å². The number of benzene rings is 1. The van der Waals surface area contributed by atoms with Gasteiger partial charge in [0.1, 0.15) is 5.82 Å². The number of hydrogen-bond donors (Lipinski definition) is 1. The van der Waals surface area contributed by atoms with Gasteiger partial charge in [0.05, 0.1) is 6.54 Å². The Labute approximate surface area is 147 Å². The summed E-state index contributed by atoms with van der Waals surface area (Å²) in [4.78, 5) is 13.4. The summed E-state index contributed by atoms with van der Waals surface area (Å²) < 4.78 is 2.01. The number of aryl methyl sites for hydroxylation is 1. The van der Waals surface area contributed by atoms with Gasteiger partial charge in [0.15, 0.2) is 5.96 Å². The van der Waals surface area contributed by atoms with Crippen LogP contribution in [0.5, 0.6) is 0 Å². The van der Waals surface area contributed by atoms with E-state index in [1.165, 1.54) is 5.69 Å². The van der Waals surface area contributed by atoms with Crippen LogP contribution in [-0.2, 0) is 13.6 Å². The highest BCUT2D eigenvalue weighted by molar-refractivity contribution is 6.30. The maximum atomic E-state index is 6.09. The first-order chi connectivity index (χ1) is 11.7. The zero-order valence-corrected chi connectivity index (χ0v) is 14.9. The molecule has 1 saturated heterocycles. The topological polar surface area (TPSA) is 48.7 Å². The fraction of sp³-hybridized carbons (Fsp3) is 0.412. The monoisotopic (exact) mass is 346 g/mol. The standard InChI is InChI=1S/C17H23ClN6/c1-19-17(21-13-16-20-6-7-22(16)2)24-10-8-23(9-11-24)15-5-3-4-14(18)12-15/h3-7,12H,8-11,13H2,1-2H3,(H,19,21). The van der Waals surface area contributed by atoms with Crippen molar-refractivity contribution in [3.8, 4) is 0 Å². The first kappa shape index (κ1) is 16.6. The third-order valence-electron chi connectivity index (χ3n) is 4.29. The van der Waals surface area contributed by atoms with E-state index in [1.54, 1.807) is 0 Å². The molecule has 0 amide bonds. The number of nitrogens with zero attached hydrogens (tertiary/aromatic N) is 5. The zero-order valence-electron chi connectivity index (χ0n) is 14.1. The molecule has 2 heterocycles. The van der Waals surface area contributed by atoms with Gasteiger partial charge in [-0.2, -0.15) is 0 Å². The number of aliphatic imine (C=N–C) groups is 1. The van der Waals surface area contributed by atoms with Crippen molar-refractivity contribution >= 4 is 23.2 Å². The van der Waals surface area contributed by atoms with Crippen LogP contribution in [0.3, 0.4) is 0 Å². The molecule has 1 aromatic heterocycles. The van der Waals surface area contributed by atoms with E-state index in [2.05, 4.69) is 31.2 Å². The van der Waals surface area contributed by atoms with E-state index in [9.17, 15) is 0 Å². The number of nitrogens with one attached hydrogen (secondary N) is 1. The van der Waals surface area contributed by atoms with Gasteiger partial charge in [0.25, 0.3) is 0 Å². The number of rotatable bonds is 3. The van der Waals surface area contributed by atoms with Crippen LogP contribution in [-0.4, -0.2) is 53.6 Å². The summed E-state index contributed by atoms with van der Waals surface area (Å²) in [5, 5.41) is 4.18. The summed E-state index contributed by atoms with van der Waals surface area (Å²) >= 11 is 6.09. The van der Waals surface area contributed by atoms with Crippen LogP contribution in [0.15, 0.2) is 41.7 Å². The largest absolute Gasteiger partial charge is 0.368 e. The van der Waals surface area contributed by atoms with Gasteiger partial charge in [-0.25, -0.2) is 4.98 Å². The molecule has 1 aromatic carbocycles. The predicted octanol–water partition coefficient (Wildman–Crippen LogP) is 1.97. The molecule has 6 nitrogen and oxygen atoms in total. The smallest absolute Gasteiger partial charge is 0.194 e. The van der Waals surface area contributed by atoms with E-state index >= 15 is 0 Å². The summed E-state index contributed by atoms with van der Waals surface area (Å²) in [5.74, 6) is 1.91. The van der Waals surface area contributed by atoms with Crippen molar-refractivity contribution in [2.24, 2.45) is 12.0 Å². The van der Waals surface area contributed by atoms with Gasteiger partial charge in [-0.05, 0) is 18.2 Å². The molecule has 0 aliphatic carbocycles. The molecular formula is C17H23ClN6. The zero-order chi connectivity index (χ0) is 16.9. The van der Waals surface area contributed by atoms with E-state index in [0.717, 1.165) is 43.0 Å². The highest BCUT2D eigenvalue weighted by Gasteiger charge is 2.20. The quantitative estimate of drug-likeness (QED) is 0.682. The lowest BCUT2D eigenvalue weighted by molar-refractivity contribution is 0.372. The van der Waals surface area contributed by atoms with E-state index < -0.39 is 0 Å². The number of piperazine rings is 1. The Hall–Kier alpha value is -2.21. The van der Waals surface area contributed by atoms with Crippen molar-refractivity contribution in [2.45, 2.75) is 6.54 Å². The molecule has 0 saturated carbocycles. The summed E-state index contributed by atoms with van der Waals surface area (Å²) in [7, 11) is 3.82. The number of aromatic nitrogens is 2. The maximum absolute atomic E-state index is 6.09. The fourth-order valence-electron chi connectivity index (χ4n) is 2.91. The highest BCUT2D eigenvalue weighted by Crippen LogP contribution is 2.20. The summed E-state index contributed by atoms with van der Waals surface area (Å²) in [6.45, 7) is 4.41. The van der Waals surface area contributed by atoms with Crippen LogP contribution < -0.4 is 10.2 Å². The van der Waals surface area contributed by atoms with Crippen molar-refractivity contribution < 1.29 is 0 Å². The van der Waals surface area contributed by atoms with Crippen LogP contribution in [0, 0.1) is 0 Å². The van der Waals surface area contributed by atoms with Crippen LogP contribution in [0.2, 0.25) is 5.02 Å². The van der Waals surface area contributed by atoms with Crippen molar-refractivity contribution in [3.05, 3.63) is 47.5 Å². The summed E-state index contributed by atoms with van der Waals surface area (Å²) in [6.07, 6.45) is 3.76. The van der Waals surface area contributed by atoms with Gasteiger partial charge in [0.2, 0.25) is 0 Å². The van der Waals surface area contributed by atoms with Crippen molar-refractivity contribution in [1.29, 1.82) is 0 Å². The number of hydrogen-bond acceptors (Lipinski definition) is 3. The molecule has 1 N–H and O–H groups in total. The maximum Gasteiger partial charge on any atom is 0.194 e. The lowest BCUT2D eigenvalue weighted by atomic mass is 10.2. The molecule has 0 bridgehead atoms. The third kappa shape index (κ3) is 3.82. The molecule has 128 valence electrons. The fourth-order valence-corrected chi connectivity index (χ4v) is 3.09. The first-order valence-corrected chi connectivity index (χ1v) is 8.47. The van der Waals surface area contributed by atoms with Crippen molar-refractivity contribution in [1.82, 2.24) is 19.8 Å². The summed E-state index contributed by atoms with van der Waals surface area (Å²) in [6, 6.07) is 8.03. The van der Waals surface area contributed by atoms with Crippen molar-refractivity contribution in [2.75, 3.05) is 38.1 Å². The van der Waals surface area contributed by atoms with Gasteiger partial charge in [-0.3, -0.25) is 4.99 Å². The normalized spacial score (nSPS) is 15.7. The van der Waals surface area contributed by atoms with Gasteiger partial charge in [0, 0.05) is 63.4 Å². The second-order valence-electron chi connectivity index (χ2n) is 5.81. The van der Waals surface area contributed by atoms with Gasteiger partial charge >= 0.3 is 0 Å². The number of guanidine groups is 1. The SMILES string of the molecule is CN=C(NCc1nccn1C)N1CCN(c2cccc(Cl)c2)CC1. The highest BCUT2D eigenvalue weighted by atomic mass is 35.5. The minimum atomic E-state index is 0.671. The lowest BCUT2D eigenvalue weighted by Crippen LogP contribution is -2.52. The Morgan fingerprint density at radius 3 is 2.71 bits per heavy atom.